The van der Waals surface area contributed by atoms with E-state index in [9.17, 15) is 4.79 Å². The molecule has 5 nitrogen and oxygen atoms in total. The first kappa shape index (κ1) is 17.8. The Hall–Kier alpha value is -3.60. The summed E-state index contributed by atoms with van der Waals surface area (Å²) >= 11 is 0. The molecule has 0 saturated heterocycles. The number of carbonyl (C=O) groups excluding carboxylic acids is 1. The van der Waals surface area contributed by atoms with Gasteiger partial charge in [-0.1, -0.05) is 42.5 Å². The first-order valence-electron chi connectivity index (χ1n) is 9.27. The van der Waals surface area contributed by atoms with Gasteiger partial charge in [-0.05, 0) is 35.9 Å². The Morgan fingerprint density at radius 3 is 2.71 bits per heavy atom. The van der Waals surface area contributed by atoms with E-state index >= 15 is 0 Å². The van der Waals surface area contributed by atoms with Crippen LogP contribution in [0.5, 0.6) is 0 Å². The Balaban J connectivity index is 1.32. The number of hydrogen-bond acceptors (Lipinski definition) is 3. The Kier molecular flexibility index (Phi) is 5.33. The van der Waals surface area contributed by atoms with Crippen molar-refractivity contribution in [2.75, 3.05) is 5.32 Å². The van der Waals surface area contributed by atoms with E-state index in [0.717, 1.165) is 28.3 Å². The topological polar surface area (TPSA) is 60.1 Å². The lowest BCUT2D eigenvalue weighted by atomic mass is 10.2. The molecule has 0 fully saturated rings. The molecule has 0 atom stereocenters. The van der Waals surface area contributed by atoms with Crippen LogP contribution >= 0.6 is 0 Å². The molecule has 4 aromatic rings. The normalized spacial score (nSPS) is 10.7. The average Bonchev–Trinajstić information content (AvgIpc) is 3.39. The van der Waals surface area contributed by atoms with E-state index in [1.807, 2.05) is 83.7 Å². The highest BCUT2D eigenvalue weighted by molar-refractivity contribution is 5.90. The summed E-state index contributed by atoms with van der Waals surface area (Å²) < 4.78 is 7.71. The van der Waals surface area contributed by atoms with E-state index in [2.05, 4.69) is 10.4 Å². The summed E-state index contributed by atoms with van der Waals surface area (Å²) in [6, 6.07) is 23.5. The molecule has 0 aliphatic carbocycles. The van der Waals surface area contributed by atoms with E-state index in [4.69, 9.17) is 4.42 Å². The maximum atomic E-state index is 12.3. The number of aryl methyl sites for hydroxylation is 1. The van der Waals surface area contributed by atoms with Gasteiger partial charge >= 0.3 is 0 Å². The zero-order valence-electron chi connectivity index (χ0n) is 15.4. The summed E-state index contributed by atoms with van der Waals surface area (Å²) in [5.74, 6) is 1.60. The van der Waals surface area contributed by atoms with Crippen molar-refractivity contribution in [2.24, 2.45) is 0 Å². The van der Waals surface area contributed by atoms with Crippen LogP contribution < -0.4 is 5.32 Å². The highest BCUT2D eigenvalue weighted by Gasteiger charge is 2.08. The summed E-state index contributed by atoms with van der Waals surface area (Å²) in [6.07, 6.45) is 4.60. The minimum Gasteiger partial charge on any atom is -0.461 e. The fraction of sp³-hybridized carbons (Fsp3) is 0.130. The molecular weight excluding hydrogens is 350 g/mol. The van der Waals surface area contributed by atoms with Gasteiger partial charge in [0.15, 0.2) is 0 Å². The molecule has 0 unspecified atom stereocenters. The van der Waals surface area contributed by atoms with Crippen LogP contribution in [0.1, 0.15) is 17.7 Å². The lowest BCUT2D eigenvalue weighted by Crippen LogP contribution is -2.12. The summed E-state index contributed by atoms with van der Waals surface area (Å²) in [6.45, 7) is 0.672. The number of aromatic nitrogens is 2. The van der Waals surface area contributed by atoms with Crippen molar-refractivity contribution in [3.8, 4) is 11.3 Å². The Labute approximate surface area is 163 Å². The van der Waals surface area contributed by atoms with E-state index in [-0.39, 0.29) is 5.91 Å². The van der Waals surface area contributed by atoms with Gasteiger partial charge in [0.1, 0.15) is 11.5 Å². The fourth-order valence-electron chi connectivity index (χ4n) is 3.06. The van der Waals surface area contributed by atoms with Gasteiger partial charge in [-0.25, -0.2) is 0 Å². The molecule has 2 aromatic carbocycles. The zero-order chi connectivity index (χ0) is 19.2. The SMILES string of the molecule is O=C(CCc1ccc(-c2ccccc2)o1)Nc1cccc(Cn2cccn2)c1. The molecule has 4 rings (SSSR count). The van der Waals surface area contributed by atoms with Crippen LogP contribution in [0.3, 0.4) is 0 Å². The molecule has 2 aromatic heterocycles. The second-order valence-corrected chi connectivity index (χ2v) is 6.58. The predicted octanol–water partition coefficient (Wildman–Crippen LogP) is 4.76. The van der Waals surface area contributed by atoms with Crippen molar-refractivity contribution < 1.29 is 9.21 Å². The van der Waals surface area contributed by atoms with Crippen molar-refractivity contribution in [3.63, 3.8) is 0 Å². The van der Waals surface area contributed by atoms with Crippen LogP contribution in [-0.4, -0.2) is 15.7 Å². The molecule has 0 aliphatic heterocycles. The largest absolute Gasteiger partial charge is 0.461 e. The molecule has 0 bridgehead atoms. The number of nitrogens with one attached hydrogen (secondary N) is 1. The van der Waals surface area contributed by atoms with Gasteiger partial charge in [-0.2, -0.15) is 5.10 Å². The number of amides is 1. The van der Waals surface area contributed by atoms with Crippen LogP contribution in [0.25, 0.3) is 11.3 Å². The van der Waals surface area contributed by atoms with Crippen molar-refractivity contribution in [3.05, 3.63) is 96.5 Å². The summed E-state index contributed by atoms with van der Waals surface area (Å²) in [7, 11) is 0. The zero-order valence-corrected chi connectivity index (χ0v) is 15.4. The molecule has 140 valence electrons. The number of rotatable bonds is 7. The molecule has 5 heteroatoms. The second kappa shape index (κ2) is 8.39. The quantitative estimate of drug-likeness (QED) is 0.509. The van der Waals surface area contributed by atoms with Crippen molar-refractivity contribution in [1.82, 2.24) is 9.78 Å². The van der Waals surface area contributed by atoms with Gasteiger partial charge < -0.3 is 9.73 Å². The lowest BCUT2D eigenvalue weighted by Gasteiger charge is -2.07. The van der Waals surface area contributed by atoms with Crippen LogP contribution in [-0.2, 0) is 17.8 Å². The van der Waals surface area contributed by atoms with Crippen LogP contribution in [0.2, 0.25) is 0 Å². The van der Waals surface area contributed by atoms with E-state index < -0.39 is 0 Å². The maximum Gasteiger partial charge on any atom is 0.224 e. The summed E-state index contributed by atoms with van der Waals surface area (Å²) in [5.41, 5.74) is 2.91. The van der Waals surface area contributed by atoms with Crippen molar-refractivity contribution >= 4 is 11.6 Å². The number of hydrogen-bond donors (Lipinski definition) is 1. The average molecular weight is 371 g/mol. The number of nitrogens with zero attached hydrogens (tertiary/aromatic N) is 2. The Morgan fingerprint density at radius 2 is 1.89 bits per heavy atom. The smallest absolute Gasteiger partial charge is 0.224 e. The Morgan fingerprint density at radius 1 is 1.00 bits per heavy atom. The Bertz CT molecular complexity index is 1040. The molecule has 0 spiro atoms. The summed E-state index contributed by atoms with van der Waals surface area (Å²) in [5, 5.41) is 7.17. The van der Waals surface area contributed by atoms with E-state index in [0.29, 0.717) is 19.4 Å². The van der Waals surface area contributed by atoms with Crippen LogP contribution in [0, 0.1) is 0 Å². The minimum atomic E-state index is -0.0334. The third kappa shape index (κ3) is 4.57. The first-order valence-corrected chi connectivity index (χ1v) is 9.27. The minimum absolute atomic E-state index is 0.0334. The van der Waals surface area contributed by atoms with E-state index in [1.165, 1.54) is 0 Å². The second-order valence-electron chi connectivity index (χ2n) is 6.58. The molecule has 0 saturated carbocycles. The maximum absolute atomic E-state index is 12.3. The molecule has 2 heterocycles. The van der Waals surface area contributed by atoms with Gasteiger partial charge in [0.25, 0.3) is 0 Å². The molecule has 0 aliphatic rings. The molecule has 1 amide bonds. The van der Waals surface area contributed by atoms with Gasteiger partial charge in [-0.3, -0.25) is 9.48 Å². The monoisotopic (exact) mass is 371 g/mol. The predicted molar refractivity (Wildman–Crippen MR) is 109 cm³/mol. The van der Waals surface area contributed by atoms with Crippen molar-refractivity contribution in [2.45, 2.75) is 19.4 Å². The van der Waals surface area contributed by atoms with Crippen molar-refractivity contribution in [1.29, 1.82) is 0 Å². The fourth-order valence-corrected chi connectivity index (χ4v) is 3.06. The van der Waals surface area contributed by atoms with Crippen LogP contribution in [0.4, 0.5) is 5.69 Å². The number of furan rings is 1. The molecule has 1 N–H and O–H groups in total. The molecule has 28 heavy (non-hydrogen) atoms. The first-order chi connectivity index (χ1) is 13.8. The van der Waals surface area contributed by atoms with Gasteiger partial charge in [-0.15, -0.1) is 0 Å². The van der Waals surface area contributed by atoms with E-state index in [1.54, 1.807) is 6.20 Å². The standard InChI is InChI=1S/C23H21N3O2/c27-23(13-11-21-10-12-22(28-21)19-7-2-1-3-8-19)25-20-9-4-6-18(16-20)17-26-15-5-14-24-26/h1-10,12,14-16H,11,13,17H2,(H,25,27). The third-order valence-corrected chi connectivity index (χ3v) is 4.43. The third-order valence-electron chi connectivity index (χ3n) is 4.43. The summed E-state index contributed by atoms with van der Waals surface area (Å²) in [4.78, 5) is 12.3. The molecular formula is C23H21N3O2. The van der Waals surface area contributed by atoms with Crippen LogP contribution in [0.15, 0.2) is 89.6 Å². The van der Waals surface area contributed by atoms with Gasteiger partial charge in [0.2, 0.25) is 5.91 Å². The van der Waals surface area contributed by atoms with Gasteiger partial charge in [0, 0.05) is 36.5 Å². The van der Waals surface area contributed by atoms with Gasteiger partial charge in [0.05, 0.1) is 6.54 Å². The highest BCUT2D eigenvalue weighted by Crippen LogP contribution is 2.22. The number of anilines is 1. The molecule has 0 radical (unpaired) electrons. The number of benzene rings is 2. The lowest BCUT2D eigenvalue weighted by molar-refractivity contribution is -0.116. The highest BCUT2D eigenvalue weighted by atomic mass is 16.3. The number of carbonyl (C=O) groups is 1.